The summed E-state index contributed by atoms with van der Waals surface area (Å²) in [5.41, 5.74) is 0.960. The van der Waals surface area contributed by atoms with Crippen molar-refractivity contribution in [3.8, 4) is 0 Å². The molecule has 1 aliphatic heterocycles. The SMILES string of the molecule is COC[C@H](C[C@H]1O[C@H](CO)C[C@@H](OCc2ccccc2)C1(C)C)OC. The van der Waals surface area contributed by atoms with Gasteiger partial charge in [-0.15, -0.1) is 0 Å². The standard InChI is InChI=1S/C20H32O5/c1-20(2)18(24-13-15-8-6-5-7-9-15)10-16(12-21)25-19(20)11-17(23-4)14-22-3/h5-9,16-19,21H,10-14H2,1-4H3/t16-,17-,18+,19+/m0/s1. The molecule has 1 saturated heterocycles. The zero-order valence-electron chi connectivity index (χ0n) is 15.8. The second kappa shape index (κ2) is 9.64. The van der Waals surface area contributed by atoms with Crippen molar-refractivity contribution in [2.45, 2.75) is 57.7 Å². The van der Waals surface area contributed by atoms with Gasteiger partial charge in [-0.2, -0.15) is 0 Å². The Kier molecular flexibility index (Phi) is 7.84. The summed E-state index contributed by atoms with van der Waals surface area (Å²) < 4.78 is 23.1. The Bertz CT molecular complexity index is 490. The summed E-state index contributed by atoms with van der Waals surface area (Å²) in [6, 6.07) is 10.2. The lowest BCUT2D eigenvalue weighted by molar-refractivity contribution is -0.210. The van der Waals surface area contributed by atoms with Crippen LogP contribution in [0.5, 0.6) is 0 Å². The number of aliphatic hydroxyl groups is 1. The molecule has 0 spiro atoms. The van der Waals surface area contributed by atoms with Gasteiger partial charge in [0.05, 0.1) is 44.2 Å². The van der Waals surface area contributed by atoms with Crippen LogP contribution < -0.4 is 0 Å². The fourth-order valence-corrected chi connectivity index (χ4v) is 3.40. The maximum Gasteiger partial charge on any atom is 0.0834 e. The van der Waals surface area contributed by atoms with Gasteiger partial charge in [0.15, 0.2) is 0 Å². The Labute approximate surface area is 151 Å². The third kappa shape index (κ3) is 5.50. The van der Waals surface area contributed by atoms with Crippen LogP contribution in [0.4, 0.5) is 0 Å². The van der Waals surface area contributed by atoms with Gasteiger partial charge in [0.25, 0.3) is 0 Å². The number of ether oxygens (including phenoxy) is 4. The predicted octanol–water partition coefficient (Wildman–Crippen LogP) is 2.80. The van der Waals surface area contributed by atoms with Gasteiger partial charge in [0.2, 0.25) is 0 Å². The summed E-state index contributed by atoms with van der Waals surface area (Å²) in [4.78, 5) is 0. The van der Waals surface area contributed by atoms with E-state index in [0.717, 1.165) is 5.56 Å². The minimum Gasteiger partial charge on any atom is -0.394 e. The van der Waals surface area contributed by atoms with E-state index in [-0.39, 0.29) is 36.4 Å². The molecule has 0 radical (unpaired) electrons. The lowest BCUT2D eigenvalue weighted by atomic mass is 9.74. The van der Waals surface area contributed by atoms with E-state index in [1.807, 2.05) is 18.2 Å². The van der Waals surface area contributed by atoms with Crippen molar-refractivity contribution >= 4 is 0 Å². The van der Waals surface area contributed by atoms with Crippen LogP contribution in [0.3, 0.4) is 0 Å². The fraction of sp³-hybridized carbons (Fsp3) is 0.700. The number of hydrogen-bond donors (Lipinski definition) is 1. The van der Waals surface area contributed by atoms with Crippen LogP contribution in [0.15, 0.2) is 30.3 Å². The molecule has 142 valence electrons. The molecule has 0 aliphatic carbocycles. The van der Waals surface area contributed by atoms with E-state index in [9.17, 15) is 5.11 Å². The topological polar surface area (TPSA) is 57.2 Å². The largest absolute Gasteiger partial charge is 0.394 e. The lowest BCUT2D eigenvalue weighted by Crippen LogP contribution is -2.53. The van der Waals surface area contributed by atoms with Crippen LogP contribution in [-0.2, 0) is 25.6 Å². The van der Waals surface area contributed by atoms with Gasteiger partial charge in [0.1, 0.15) is 0 Å². The Hall–Kier alpha value is -0.980. The van der Waals surface area contributed by atoms with Crippen LogP contribution in [0.1, 0.15) is 32.3 Å². The minimum atomic E-state index is -0.209. The van der Waals surface area contributed by atoms with Gasteiger partial charge in [-0.25, -0.2) is 0 Å². The highest BCUT2D eigenvalue weighted by atomic mass is 16.5. The molecule has 25 heavy (non-hydrogen) atoms. The second-order valence-electron chi connectivity index (χ2n) is 7.32. The summed E-state index contributed by atoms with van der Waals surface area (Å²) in [5.74, 6) is 0. The minimum absolute atomic E-state index is 0.000294. The molecule has 1 aliphatic rings. The molecule has 0 amide bonds. The summed E-state index contributed by atoms with van der Waals surface area (Å²) in [5, 5.41) is 9.64. The third-order valence-electron chi connectivity index (χ3n) is 5.15. The Balaban J connectivity index is 2.06. The van der Waals surface area contributed by atoms with E-state index < -0.39 is 0 Å². The maximum absolute atomic E-state index is 9.64. The van der Waals surface area contributed by atoms with Crippen LogP contribution in [-0.4, -0.2) is 57.0 Å². The molecule has 0 bridgehead atoms. The first-order valence-electron chi connectivity index (χ1n) is 8.94. The number of methoxy groups -OCH3 is 2. The van der Waals surface area contributed by atoms with Crippen molar-refractivity contribution in [1.29, 1.82) is 0 Å². The first-order valence-corrected chi connectivity index (χ1v) is 8.94. The van der Waals surface area contributed by atoms with Crippen LogP contribution in [0.25, 0.3) is 0 Å². The van der Waals surface area contributed by atoms with Crippen molar-refractivity contribution in [3.05, 3.63) is 35.9 Å². The molecule has 0 saturated carbocycles. The van der Waals surface area contributed by atoms with E-state index in [0.29, 0.717) is 26.1 Å². The lowest BCUT2D eigenvalue weighted by Gasteiger charge is -2.48. The molecule has 1 aromatic rings. The smallest absolute Gasteiger partial charge is 0.0834 e. The molecule has 0 unspecified atom stereocenters. The monoisotopic (exact) mass is 352 g/mol. The highest BCUT2D eigenvalue weighted by Gasteiger charge is 2.46. The zero-order valence-corrected chi connectivity index (χ0v) is 15.8. The highest BCUT2D eigenvalue weighted by molar-refractivity contribution is 5.13. The Morgan fingerprint density at radius 2 is 1.96 bits per heavy atom. The Morgan fingerprint density at radius 3 is 2.56 bits per heavy atom. The van der Waals surface area contributed by atoms with Gasteiger partial charge in [0, 0.05) is 32.5 Å². The molecule has 1 aromatic carbocycles. The third-order valence-corrected chi connectivity index (χ3v) is 5.15. The molecule has 4 atom stereocenters. The van der Waals surface area contributed by atoms with Crippen LogP contribution >= 0.6 is 0 Å². The van der Waals surface area contributed by atoms with Crippen molar-refractivity contribution < 1.29 is 24.1 Å². The maximum atomic E-state index is 9.64. The molecule has 1 fully saturated rings. The zero-order chi connectivity index (χ0) is 18.3. The van der Waals surface area contributed by atoms with E-state index in [2.05, 4.69) is 26.0 Å². The summed E-state index contributed by atoms with van der Waals surface area (Å²) in [6.07, 6.45) is 1.08. The number of hydrogen-bond acceptors (Lipinski definition) is 5. The van der Waals surface area contributed by atoms with Gasteiger partial charge in [-0.3, -0.25) is 0 Å². The second-order valence-corrected chi connectivity index (χ2v) is 7.32. The summed E-state index contributed by atoms with van der Waals surface area (Å²) in [6.45, 7) is 5.41. The van der Waals surface area contributed by atoms with Gasteiger partial charge < -0.3 is 24.1 Å². The fourth-order valence-electron chi connectivity index (χ4n) is 3.40. The van der Waals surface area contributed by atoms with E-state index in [4.69, 9.17) is 18.9 Å². The van der Waals surface area contributed by atoms with Crippen molar-refractivity contribution in [2.24, 2.45) is 5.41 Å². The van der Waals surface area contributed by atoms with Gasteiger partial charge >= 0.3 is 0 Å². The normalized spacial score (nSPS) is 27.2. The van der Waals surface area contributed by atoms with E-state index in [1.165, 1.54) is 0 Å². The highest BCUT2D eigenvalue weighted by Crippen LogP contribution is 2.40. The first kappa shape index (κ1) is 20.3. The number of rotatable bonds is 9. The van der Waals surface area contributed by atoms with Crippen molar-refractivity contribution in [3.63, 3.8) is 0 Å². The molecule has 1 heterocycles. The van der Waals surface area contributed by atoms with Crippen LogP contribution in [0, 0.1) is 5.41 Å². The first-order chi connectivity index (χ1) is 12.0. The number of benzene rings is 1. The average Bonchev–Trinajstić information content (AvgIpc) is 2.62. The van der Waals surface area contributed by atoms with Crippen molar-refractivity contribution in [2.75, 3.05) is 27.4 Å². The number of aliphatic hydroxyl groups excluding tert-OH is 1. The van der Waals surface area contributed by atoms with Crippen LogP contribution in [0.2, 0.25) is 0 Å². The quantitative estimate of drug-likeness (QED) is 0.741. The van der Waals surface area contributed by atoms with Gasteiger partial charge in [-0.1, -0.05) is 44.2 Å². The Morgan fingerprint density at radius 1 is 1.24 bits per heavy atom. The summed E-state index contributed by atoms with van der Waals surface area (Å²) in [7, 11) is 3.35. The molecule has 5 nitrogen and oxygen atoms in total. The van der Waals surface area contributed by atoms with Gasteiger partial charge in [-0.05, 0) is 5.56 Å². The molecule has 1 N–H and O–H groups in total. The predicted molar refractivity (Wildman–Crippen MR) is 96.5 cm³/mol. The molecular weight excluding hydrogens is 320 g/mol. The van der Waals surface area contributed by atoms with E-state index >= 15 is 0 Å². The molecular formula is C20H32O5. The molecule has 5 heteroatoms. The van der Waals surface area contributed by atoms with Crippen molar-refractivity contribution in [1.82, 2.24) is 0 Å². The average molecular weight is 352 g/mol. The summed E-state index contributed by atoms with van der Waals surface area (Å²) >= 11 is 0. The molecule has 2 rings (SSSR count). The molecule has 0 aromatic heterocycles. The van der Waals surface area contributed by atoms with E-state index in [1.54, 1.807) is 14.2 Å².